The number of rotatable bonds is 7. The van der Waals surface area contributed by atoms with Gasteiger partial charge >= 0.3 is 0 Å². The number of hydrogen-bond acceptors (Lipinski definition) is 2. The monoisotopic (exact) mass is 452 g/mol. The van der Waals surface area contributed by atoms with Gasteiger partial charge in [-0.15, -0.1) is 24.0 Å². The molecule has 5 heteroatoms. The molecule has 0 aromatic heterocycles. The molecule has 1 atom stereocenters. The minimum absolute atomic E-state index is 0. The summed E-state index contributed by atoms with van der Waals surface area (Å²) in [6.45, 7) is 5.87. The van der Waals surface area contributed by atoms with Gasteiger partial charge in [-0.25, -0.2) is 0 Å². The molecule has 2 rings (SSSR count). The van der Waals surface area contributed by atoms with Gasteiger partial charge < -0.3 is 11.1 Å². The molecule has 136 valence electrons. The van der Waals surface area contributed by atoms with Gasteiger partial charge in [0.25, 0.3) is 0 Å². The Labute approximate surface area is 168 Å². The van der Waals surface area contributed by atoms with E-state index in [4.69, 9.17) is 5.73 Å². The number of nitrogens with zero attached hydrogens (tertiary/aromatic N) is 2. The van der Waals surface area contributed by atoms with E-state index in [1.165, 1.54) is 11.1 Å². The molecule has 0 aliphatic heterocycles. The summed E-state index contributed by atoms with van der Waals surface area (Å²) < 4.78 is 0. The third-order valence-corrected chi connectivity index (χ3v) is 4.19. The summed E-state index contributed by atoms with van der Waals surface area (Å²) in [5.74, 6) is 0.458. The predicted octanol–water partition coefficient (Wildman–Crippen LogP) is 4.11. The second-order valence-electron chi connectivity index (χ2n) is 6.15. The van der Waals surface area contributed by atoms with Crippen LogP contribution in [0.2, 0.25) is 0 Å². The van der Waals surface area contributed by atoms with Gasteiger partial charge in [-0.05, 0) is 43.7 Å². The Kier molecular flexibility index (Phi) is 9.52. The number of guanidine groups is 1. The summed E-state index contributed by atoms with van der Waals surface area (Å²) in [6.07, 6.45) is 1.04. The standard InChI is InChI=1S/C20H28N4.HI/c1-4-17-10-12-19(13-11-17)23-20(21)22-14-16(2)24(3)15-18-8-6-5-7-9-18;/h5-13,16H,4,14-15H2,1-3H3,(H3,21,22,23);1H. The second kappa shape index (κ2) is 11.1. The largest absolute Gasteiger partial charge is 0.370 e. The minimum atomic E-state index is 0. The van der Waals surface area contributed by atoms with Crippen molar-refractivity contribution in [1.29, 1.82) is 0 Å². The summed E-state index contributed by atoms with van der Waals surface area (Å²) in [4.78, 5) is 6.75. The number of nitrogens with one attached hydrogen (secondary N) is 1. The smallest absolute Gasteiger partial charge is 0.193 e. The van der Waals surface area contributed by atoms with Crippen LogP contribution in [0.3, 0.4) is 0 Å². The van der Waals surface area contributed by atoms with Crippen LogP contribution in [0, 0.1) is 0 Å². The lowest BCUT2D eigenvalue weighted by molar-refractivity contribution is 0.255. The van der Waals surface area contributed by atoms with Crippen molar-refractivity contribution in [3.63, 3.8) is 0 Å². The molecule has 2 aromatic rings. The molecule has 0 aliphatic carbocycles. The Bertz CT molecular complexity index is 641. The van der Waals surface area contributed by atoms with E-state index in [1.807, 2.05) is 18.2 Å². The lowest BCUT2D eigenvalue weighted by Crippen LogP contribution is -2.32. The normalized spacial score (nSPS) is 12.6. The topological polar surface area (TPSA) is 53.6 Å². The van der Waals surface area contributed by atoms with Gasteiger partial charge in [0.15, 0.2) is 5.96 Å². The fourth-order valence-corrected chi connectivity index (χ4v) is 2.41. The van der Waals surface area contributed by atoms with Crippen molar-refractivity contribution in [1.82, 2.24) is 4.90 Å². The lowest BCUT2D eigenvalue weighted by atomic mass is 10.1. The Morgan fingerprint density at radius 2 is 1.72 bits per heavy atom. The highest BCUT2D eigenvalue weighted by Gasteiger charge is 2.09. The Hall–Kier alpha value is -1.60. The highest BCUT2D eigenvalue weighted by Crippen LogP contribution is 2.10. The van der Waals surface area contributed by atoms with Crippen molar-refractivity contribution in [2.45, 2.75) is 32.9 Å². The molecule has 0 saturated carbocycles. The van der Waals surface area contributed by atoms with Crippen LogP contribution in [0.1, 0.15) is 25.0 Å². The van der Waals surface area contributed by atoms with Gasteiger partial charge in [0.2, 0.25) is 0 Å². The first-order chi connectivity index (χ1) is 11.6. The fourth-order valence-electron chi connectivity index (χ4n) is 2.41. The third-order valence-electron chi connectivity index (χ3n) is 4.19. The van der Waals surface area contributed by atoms with Gasteiger partial charge in [0, 0.05) is 18.3 Å². The van der Waals surface area contributed by atoms with Gasteiger partial charge in [-0.2, -0.15) is 0 Å². The minimum Gasteiger partial charge on any atom is -0.370 e. The summed E-state index contributed by atoms with van der Waals surface area (Å²) in [5, 5.41) is 3.15. The highest BCUT2D eigenvalue weighted by molar-refractivity contribution is 14.0. The van der Waals surface area contributed by atoms with Gasteiger partial charge in [-0.3, -0.25) is 9.89 Å². The number of nitrogens with two attached hydrogens (primary N) is 1. The SMILES string of the molecule is CCc1ccc(NC(N)=NCC(C)N(C)Cc2ccccc2)cc1.I. The number of likely N-dealkylation sites (N-methyl/N-ethyl adjacent to an activating group) is 1. The number of aliphatic imine (C=N–C) groups is 1. The van der Waals surface area contributed by atoms with Gasteiger partial charge in [0.1, 0.15) is 0 Å². The number of halogens is 1. The Morgan fingerprint density at radius 1 is 1.08 bits per heavy atom. The van der Waals surface area contributed by atoms with E-state index < -0.39 is 0 Å². The molecule has 0 saturated heterocycles. The first-order valence-corrected chi connectivity index (χ1v) is 8.48. The Balaban J connectivity index is 0.00000312. The highest BCUT2D eigenvalue weighted by atomic mass is 127. The van der Waals surface area contributed by atoms with E-state index >= 15 is 0 Å². The maximum atomic E-state index is 6.00. The summed E-state index contributed by atoms with van der Waals surface area (Å²) >= 11 is 0. The first-order valence-electron chi connectivity index (χ1n) is 8.48. The van der Waals surface area contributed by atoms with Crippen molar-refractivity contribution in [3.8, 4) is 0 Å². The molecule has 0 aliphatic rings. The van der Waals surface area contributed by atoms with Crippen molar-refractivity contribution < 1.29 is 0 Å². The zero-order chi connectivity index (χ0) is 17.4. The van der Waals surface area contributed by atoms with E-state index in [2.05, 4.69) is 72.5 Å². The summed E-state index contributed by atoms with van der Waals surface area (Å²) in [7, 11) is 2.11. The van der Waals surface area contributed by atoms with Crippen molar-refractivity contribution in [2.24, 2.45) is 10.7 Å². The average Bonchev–Trinajstić information content (AvgIpc) is 2.61. The zero-order valence-electron chi connectivity index (χ0n) is 15.3. The van der Waals surface area contributed by atoms with Crippen LogP contribution in [-0.2, 0) is 13.0 Å². The molecule has 0 radical (unpaired) electrons. The van der Waals surface area contributed by atoms with Crippen LogP contribution < -0.4 is 11.1 Å². The molecule has 1 unspecified atom stereocenters. The molecule has 0 bridgehead atoms. The molecule has 2 aromatic carbocycles. The van der Waals surface area contributed by atoms with E-state index in [9.17, 15) is 0 Å². The van der Waals surface area contributed by atoms with E-state index in [0.717, 1.165) is 18.7 Å². The third kappa shape index (κ3) is 7.44. The Morgan fingerprint density at radius 3 is 2.32 bits per heavy atom. The molecule has 25 heavy (non-hydrogen) atoms. The molecule has 3 N–H and O–H groups in total. The molecular weight excluding hydrogens is 423 g/mol. The van der Waals surface area contributed by atoms with Crippen molar-refractivity contribution in [2.75, 3.05) is 18.9 Å². The van der Waals surface area contributed by atoms with Crippen molar-refractivity contribution in [3.05, 3.63) is 65.7 Å². The van der Waals surface area contributed by atoms with Crippen LogP contribution in [0.4, 0.5) is 5.69 Å². The van der Waals surface area contributed by atoms with Crippen LogP contribution in [0.25, 0.3) is 0 Å². The lowest BCUT2D eigenvalue weighted by Gasteiger charge is -2.23. The first kappa shape index (κ1) is 21.4. The maximum Gasteiger partial charge on any atom is 0.193 e. The van der Waals surface area contributed by atoms with Gasteiger partial charge in [0.05, 0.1) is 6.54 Å². The average molecular weight is 452 g/mol. The fraction of sp³-hybridized carbons (Fsp3) is 0.350. The quantitative estimate of drug-likeness (QED) is 0.378. The zero-order valence-corrected chi connectivity index (χ0v) is 17.6. The summed E-state index contributed by atoms with van der Waals surface area (Å²) in [6, 6.07) is 19.0. The number of benzene rings is 2. The van der Waals surface area contributed by atoms with Crippen LogP contribution >= 0.6 is 24.0 Å². The van der Waals surface area contributed by atoms with Gasteiger partial charge in [-0.1, -0.05) is 49.4 Å². The molecule has 0 heterocycles. The van der Waals surface area contributed by atoms with Crippen molar-refractivity contribution >= 4 is 35.6 Å². The maximum absolute atomic E-state index is 6.00. The number of aryl methyl sites for hydroxylation is 1. The molecular formula is C20H29IN4. The van der Waals surface area contributed by atoms with Crippen LogP contribution in [-0.4, -0.2) is 30.5 Å². The number of hydrogen-bond donors (Lipinski definition) is 2. The van der Waals surface area contributed by atoms with E-state index in [1.54, 1.807) is 0 Å². The molecule has 0 amide bonds. The van der Waals surface area contributed by atoms with E-state index in [-0.39, 0.29) is 24.0 Å². The molecule has 0 spiro atoms. The predicted molar refractivity (Wildman–Crippen MR) is 119 cm³/mol. The second-order valence-corrected chi connectivity index (χ2v) is 6.15. The van der Waals surface area contributed by atoms with Crippen LogP contribution in [0.5, 0.6) is 0 Å². The van der Waals surface area contributed by atoms with E-state index in [0.29, 0.717) is 18.5 Å². The summed E-state index contributed by atoms with van der Waals surface area (Å²) in [5.41, 5.74) is 9.58. The van der Waals surface area contributed by atoms with Crippen LogP contribution in [0.15, 0.2) is 59.6 Å². The molecule has 4 nitrogen and oxygen atoms in total. The number of anilines is 1. The molecule has 0 fully saturated rings.